The second kappa shape index (κ2) is 8.35. The smallest absolute Gasteiger partial charge is 0.269 e. The summed E-state index contributed by atoms with van der Waals surface area (Å²) in [6.07, 6.45) is 0.458. The van der Waals surface area contributed by atoms with E-state index in [0.717, 1.165) is 16.8 Å². The Hall–Kier alpha value is -3.98. The van der Waals surface area contributed by atoms with Gasteiger partial charge in [0.15, 0.2) is 22.3 Å². The number of methoxy groups -OCH3 is 1. The fourth-order valence-corrected chi connectivity index (χ4v) is 5.36. The lowest BCUT2D eigenvalue weighted by atomic mass is 9.88. The number of non-ortho nitro benzene ring substituents is 1. The van der Waals surface area contributed by atoms with Crippen molar-refractivity contribution < 1.29 is 19.2 Å². The van der Waals surface area contributed by atoms with Crippen LogP contribution in [-0.4, -0.2) is 33.7 Å². The maximum absolute atomic E-state index is 13.9. The highest BCUT2D eigenvalue weighted by molar-refractivity contribution is 7.80. The monoisotopic (exact) mass is 489 g/mol. The first kappa shape index (κ1) is 22.8. The number of nitrogens with zero attached hydrogens (tertiary/aromatic N) is 3. The third kappa shape index (κ3) is 3.68. The normalized spacial score (nSPS) is 20.7. The van der Waals surface area contributed by atoms with Gasteiger partial charge in [0.1, 0.15) is 0 Å². The minimum Gasteiger partial charge on any atom is -0.493 e. The number of carbonyl (C=O) groups excluding carboxylic acids is 1. The van der Waals surface area contributed by atoms with E-state index in [-0.39, 0.29) is 11.6 Å². The molecular formula is C26H23N3O5S. The molecule has 2 aliphatic heterocycles. The molecule has 0 saturated carbocycles. The first-order valence-electron chi connectivity index (χ1n) is 11.1. The summed E-state index contributed by atoms with van der Waals surface area (Å²) in [5.74, 6) is 0.791. The summed E-state index contributed by atoms with van der Waals surface area (Å²) < 4.78 is 12.1. The zero-order chi connectivity index (χ0) is 24.9. The Balaban J connectivity index is 1.67. The quantitative estimate of drug-likeness (QED) is 0.276. The average Bonchev–Trinajstić information content (AvgIpc) is 2.83. The lowest BCUT2D eigenvalue weighted by Gasteiger charge is -2.55. The molecule has 0 spiro atoms. The molecule has 178 valence electrons. The fourth-order valence-electron chi connectivity index (χ4n) is 4.85. The Kier molecular flexibility index (Phi) is 5.44. The zero-order valence-electron chi connectivity index (χ0n) is 19.4. The van der Waals surface area contributed by atoms with Gasteiger partial charge in [0.2, 0.25) is 0 Å². The van der Waals surface area contributed by atoms with Gasteiger partial charge in [-0.15, -0.1) is 0 Å². The predicted molar refractivity (Wildman–Crippen MR) is 135 cm³/mol. The summed E-state index contributed by atoms with van der Waals surface area (Å²) in [6.45, 7) is 3.94. The summed E-state index contributed by atoms with van der Waals surface area (Å²) in [5, 5.41) is 11.4. The van der Waals surface area contributed by atoms with Gasteiger partial charge in [-0.2, -0.15) is 0 Å². The van der Waals surface area contributed by atoms with Crippen LogP contribution in [0.5, 0.6) is 11.5 Å². The molecular weight excluding hydrogens is 466 g/mol. The Morgan fingerprint density at radius 3 is 2.54 bits per heavy atom. The molecule has 1 amide bonds. The minimum absolute atomic E-state index is 0.0853. The molecule has 2 heterocycles. The number of hydrogen-bond donors (Lipinski definition) is 0. The van der Waals surface area contributed by atoms with E-state index in [1.807, 2.05) is 61.2 Å². The van der Waals surface area contributed by atoms with Gasteiger partial charge in [-0.1, -0.05) is 24.3 Å². The summed E-state index contributed by atoms with van der Waals surface area (Å²) >= 11 is 5.95. The summed E-state index contributed by atoms with van der Waals surface area (Å²) in [4.78, 5) is 27.9. The lowest BCUT2D eigenvalue weighted by molar-refractivity contribution is -0.384. The van der Waals surface area contributed by atoms with Crippen molar-refractivity contribution in [3.63, 3.8) is 0 Å². The highest BCUT2D eigenvalue weighted by atomic mass is 32.1. The van der Waals surface area contributed by atoms with Gasteiger partial charge in [-0.05, 0) is 62.0 Å². The minimum atomic E-state index is -0.872. The van der Waals surface area contributed by atoms with Crippen LogP contribution in [0.2, 0.25) is 0 Å². The van der Waals surface area contributed by atoms with Gasteiger partial charge in [-0.3, -0.25) is 24.7 Å². The number of para-hydroxylation sites is 1. The zero-order valence-corrected chi connectivity index (χ0v) is 20.2. The standard InChI is InChI=1S/C26H23N3O5S/c1-16-6-4-7-19(14-16)28-25(35)27(24(30)17-10-12-18(13-11-17)29(31)32)21-15-26(28,2)34-23-20(21)8-5-9-22(23)33-3/h4-14,21H,15H2,1-3H3/t21-,26+/m0/s1. The largest absolute Gasteiger partial charge is 0.493 e. The van der Waals surface area contributed by atoms with Crippen LogP contribution in [0.1, 0.15) is 40.9 Å². The molecule has 0 aromatic heterocycles. The highest BCUT2D eigenvalue weighted by Crippen LogP contribution is 2.52. The SMILES string of the molecule is COc1cccc2c1O[C@]1(C)C[C@@H]2N(C(=O)c2ccc([N+](=O)[O-])cc2)C(=S)N1c1cccc(C)c1. The second-order valence-corrected chi connectivity index (χ2v) is 9.18. The molecule has 0 radical (unpaired) electrons. The molecule has 9 heteroatoms. The van der Waals surface area contributed by atoms with Crippen molar-refractivity contribution in [3.8, 4) is 11.5 Å². The molecule has 1 fully saturated rings. The molecule has 35 heavy (non-hydrogen) atoms. The van der Waals surface area contributed by atoms with E-state index in [9.17, 15) is 14.9 Å². The van der Waals surface area contributed by atoms with Crippen LogP contribution in [0.3, 0.4) is 0 Å². The number of anilines is 1. The number of carbonyl (C=O) groups is 1. The number of thiocarbonyl (C=S) groups is 1. The third-order valence-electron chi connectivity index (χ3n) is 6.47. The number of nitro groups is 1. The molecule has 2 aliphatic rings. The number of ether oxygens (including phenoxy) is 2. The summed E-state index contributed by atoms with van der Waals surface area (Å²) in [5.41, 5.74) is 1.99. The molecule has 2 atom stereocenters. The Morgan fingerprint density at radius 2 is 1.89 bits per heavy atom. The maximum atomic E-state index is 13.9. The first-order valence-corrected chi connectivity index (χ1v) is 11.5. The van der Waals surface area contributed by atoms with E-state index >= 15 is 0 Å². The second-order valence-electron chi connectivity index (χ2n) is 8.81. The van der Waals surface area contributed by atoms with Crippen LogP contribution < -0.4 is 14.4 Å². The van der Waals surface area contributed by atoms with Crippen molar-refractivity contribution >= 4 is 34.6 Å². The summed E-state index contributed by atoms with van der Waals surface area (Å²) in [6, 6.07) is 18.6. The third-order valence-corrected chi connectivity index (χ3v) is 6.85. The van der Waals surface area contributed by atoms with Crippen molar-refractivity contribution in [2.24, 2.45) is 0 Å². The lowest BCUT2D eigenvalue weighted by Crippen LogP contribution is -2.67. The fraction of sp³-hybridized carbons (Fsp3) is 0.231. The van der Waals surface area contributed by atoms with Gasteiger partial charge in [0.25, 0.3) is 11.6 Å². The number of aryl methyl sites for hydroxylation is 1. The van der Waals surface area contributed by atoms with Crippen molar-refractivity contribution in [3.05, 3.63) is 93.5 Å². The van der Waals surface area contributed by atoms with Gasteiger partial charge in [0.05, 0.1) is 18.1 Å². The highest BCUT2D eigenvalue weighted by Gasteiger charge is 2.54. The molecule has 3 aromatic carbocycles. The van der Waals surface area contributed by atoms with Crippen LogP contribution in [-0.2, 0) is 0 Å². The number of amides is 1. The van der Waals surface area contributed by atoms with E-state index < -0.39 is 16.7 Å². The van der Waals surface area contributed by atoms with Gasteiger partial charge in [-0.25, -0.2) is 0 Å². The Morgan fingerprint density at radius 1 is 1.17 bits per heavy atom. The molecule has 1 saturated heterocycles. The summed E-state index contributed by atoms with van der Waals surface area (Å²) in [7, 11) is 1.58. The van der Waals surface area contributed by atoms with Crippen molar-refractivity contribution in [2.75, 3.05) is 12.0 Å². The van der Waals surface area contributed by atoms with Crippen LogP contribution in [0.15, 0.2) is 66.7 Å². The molecule has 0 unspecified atom stereocenters. The van der Waals surface area contributed by atoms with Crippen LogP contribution in [0.25, 0.3) is 0 Å². The first-order chi connectivity index (χ1) is 16.7. The predicted octanol–water partition coefficient (Wildman–Crippen LogP) is 5.40. The van der Waals surface area contributed by atoms with E-state index in [2.05, 4.69) is 0 Å². The van der Waals surface area contributed by atoms with E-state index in [0.29, 0.717) is 28.6 Å². The van der Waals surface area contributed by atoms with E-state index in [1.165, 1.54) is 24.3 Å². The number of fused-ring (bicyclic) bond motifs is 4. The average molecular weight is 490 g/mol. The van der Waals surface area contributed by atoms with Crippen molar-refractivity contribution in [1.82, 2.24) is 4.90 Å². The maximum Gasteiger partial charge on any atom is 0.269 e. The molecule has 2 bridgehead atoms. The van der Waals surface area contributed by atoms with Crippen LogP contribution in [0, 0.1) is 17.0 Å². The van der Waals surface area contributed by atoms with Gasteiger partial charge < -0.3 is 9.47 Å². The van der Waals surface area contributed by atoms with Gasteiger partial charge >= 0.3 is 0 Å². The van der Waals surface area contributed by atoms with E-state index in [4.69, 9.17) is 21.7 Å². The Bertz CT molecular complexity index is 1360. The number of nitro benzene ring substituents is 1. The number of hydrogen-bond acceptors (Lipinski definition) is 6. The molecule has 8 nitrogen and oxygen atoms in total. The van der Waals surface area contributed by atoms with Crippen LogP contribution in [0.4, 0.5) is 11.4 Å². The number of rotatable bonds is 4. The molecule has 0 aliphatic carbocycles. The van der Waals surface area contributed by atoms with Crippen molar-refractivity contribution in [2.45, 2.75) is 32.0 Å². The molecule has 0 N–H and O–H groups in total. The molecule has 5 rings (SSSR count). The number of benzene rings is 3. The topological polar surface area (TPSA) is 85.1 Å². The molecule has 3 aromatic rings. The van der Waals surface area contributed by atoms with Gasteiger partial charge in [0, 0.05) is 35.4 Å². The van der Waals surface area contributed by atoms with Crippen LogP contribution >= 0.6 is 12.2 Å². The van der Waals surface area contributed by atoms with Crippen molar-refractivity contribution in [1.29, 1.82) is 0 Å². The van der Waals surface area contributed by atoms with E-state index in [1.54, 1.807) is 12.0 Å². The Labute approximate surface area is 207 Å².